The van der Waals surface area contributed by atoms with Crippen LogP contribution in [0.15, 0.2) is 35.4 Å². The van der Waals surface area contributed by atoms with Crippen molar-refractivity contribution < 1.29 is 5.11 Å². The molecular formula is C10H12N4O2. The molecule has 0 radical (unpaired) electrons. The molecule has 2 rings (SSSR count). The smallest absolute Gasteiger partial charge is 0.350 e. The summed E-state index contributed by atoms with van der Waals surface area (Å²) in [6.07, 6.45) is 1.42. The fraction of sp³-hybridized carbons (Fsp3) is 0.200. The highest BCUT2D eigenvalue weighted by Gasteiger charge is 2.05. The molecule has 0 aliphatic rings. The number of nitrogen functional groups attached to an aromatic ring is 1. The Balaban J connectivity index is 2.41. The lowest BCUT2D eigenvalue weighted by Gasteiger charge is -2.00. The Kier molecular flexibility index (Phi) is 2.74. The van der Waals surface area contributed by atoms with Crippen molar-refractivity contribution >= 4 is 5.69 Å². The summed E-state index contributed by atoms with van der Waals surface area (Å²) < 4.78 is 2.60. The number of hydrogen-bond donors (Lipinski definition) is 2. The second-order valence-corrected chi connectivity index (χ2v) is 3.32. The summed E-state index contributed by atoms with van der Waals surface area (Å²) in [5.41, 5.74) is 6.61. The summed E-state index contributed by atoms with van der Waals surface area (Å²) in [5, 5.41) is 12.6. The minimum Gasteiger partial charge on any atom is -0.399 e. The highest BCUT2D eigenvalue weighted by molar-refractivity contribution is 5.44. The zero-order valence-electron chi connectivity index (χ0n) is 8.58. The Morgan fingerprint density at radius 3 is 2.62 bits per heavy atom. The minimum atomic E-state index is -0.279. The first-order valence-corrected chi connectivity index (χ1v) is 4.83. The van der Waals surface area contributed by atoms with E-state index in [0.717, 1.165) is 0 Å². The van der Waals surface area contributed by atoms with E-state index >= 15 is 0 Å². The van der Waals surface area contributed by atoms with Gasteiger partial charge in [-0.05, 0) is 24.3 Å². The Bertz CT molecular complexity index is 526. The molecule has 0 saturated carbocycles. The Labute approximate surface area is 91.6 Å². The van der Waals surface area contributed by atoms with Crippen molar-refractivity contribution in [3.63, 3.8) is 0 Å². The summed E-state index contributed by atoms with van der Waals surface area (Å²) in [5.74, 6) is 0. The van der Waals surface area contributed by atoms with Gasteiger partial charge < -0.3 is 10.8 Å². The van der Waals surface area contributed by atoms with E-state index in [1.54, 1.807) is 24.3 Å². The Morgan fingerprint density at radius 1 is 1.31 bits per heavy atom. The van der Waals surface area contributed by atoms with Gasteiger partial charge in [0, 0.05) is 5.69 Å². The van der Waals surface area contributed by atoms with E-state index in [-0.39, 0.29) is 18.8 Å². The molecule has 6 nitrogen and oxygen atoms in total. The quantitative estimate of drug-likeness (QED) is 0.690. The van der Waals surface area contributed by atoms with E-state index < -0.39 is 0 Å². The normalized spacial score (nSPS) is 10.6. The van der Waals surface area contributed by atoms with Crippen molar-refractivity contribution in [2.75, 3.05) is 12.3 Å². The van der Waals surface area contributed by atoms with Gasteiger partial charge in [-0.25, -0.2) is 14.0 Å². The molecule has 0 bridgehead atoms. The molecule has 0 saturated heterocycles. The van der Waals surface area contributed by atoms with E-state index in [0.29, 0.717) is 11.4 Å². The molecule has 0 aliphatic heterocycles. The van der Waals surface area contributed by atoms with Crippen LogP contribution in [0.1, 0.15) is 0 Å². The average molecular weight is 220 g/mol. The van der Waals surface area contributed by atoms with Gasteiger partial charge in [0.05, 0.1) is 18.8 Å². The third kappa shape index (κ3) is 1.82. The third-order valence-electron chi connectivity index (χ3n) is 2.22. The zero-order chi connectivity index (χ0) is 11.5. The number of hydrogen-bond acceptors (Lipinski definition) is 4. The van der Waals surface area contributed by atoms with Crippen molar-refractivity contribution in [2.24, 2.45) is 0 Å². The van der Waals surface area contributed by atoms with Gasteiger partial charge in [-0.15, -0.1) is 0 Å². The van der Waals surface area contributed by atoms with Gasteiger partial charge >= 0.3 is 5.69 Å². The topological polar surface area (TPSA) is 86.1 Å². The number of aliphatic hydroxyl groups excluding tert-OH is 1. The van der Waals surface area contributed by atoms with Crippen LogP contribution in [-0.2, 0) is 6.54 Å². The lowest BCUT2D eigenvalue weighted by molar-refractivity contribution is 0.267. The molecule has 1 aromatic heterocycles. The molecule has 2 aromatic rings. The monoisotopic (exact) mass is 220 g/mol. The second kappa shape index (κ2) is 4.19. The van der Waals surface area contributed by atoms with Crippen LogP contribution in [-0.4, -0.2) is 26.1 Å². The third-order valence-corrected chi connectivity index (χ3v) is 2.22. The number of aliphatic hydroxyl groups is 1. The summed E-state index contributed by atoms with van der Waals surface area (Å²) in [7, 11) is 0. The predicted molar refractivity (Wildman–Crippen MR) is 59.3 cm³/mol. The van der Waals surface area contributed by atoms with Crippen LogP contribution in [0.4, 0.5) is 5.69 Å². The molecule has 0 atom stereocenters. The highest BCUT2D eigenvalue weighted by Crippen LogP contribution is 2.07. The highest BCUT2D eigenvalue weighted by atomic mass is 16.3. The van der Waals surface area contributed by atoms with Gasteiger partial charge in [0.1, 0.15) is 6.33 Å². The molecule has 0 fully saturated rings. The van der Waals surface area contributed by atoms with Gasteiger partial charge in [0.15, 0.2) is 0 Å². The molecule has 6 heteroatoms. The van der Waals surface area contributed by atoms with E-state index in [1.165, 1.54) is 15.6 Å². The number of aromatic nitrogens is 3. The summed E-state index contributed by atoms with van der Waals surface area (Å²) >= 11 is 0. The Morgan fingerprint density at radius 2 is 2.00 bits per heavy atom. The first-order valence-electron chi connectivity index (χ1n) is 4.83. The predicted octanol–water partition coefficient (Wildman–Crippen LogP) is -0.392. The lowest BCUT2D eigenvalue weighted by Crippen LogP contribution is -2.25. The molecule has 1 aromatic carbocycles. The molecule has 1 heterocycles. The van der Waals surface area contributed by atoms with Crippen molar-refractivity contribution in [3.05, 3.63) is 41.1 Å². The first-order chi connectivity index (χ1) is 7.72. The van der Waals surface area contributed by atoms with Crippen LogP contribution in [0.25, 0.3) is 5.69 Å². The first kappa shape index (κ1) is 10.4. The molecule has 0 amide bonds. The van der Waals surface area contributed by atoms with Crippen LogP contribution in [0.5, 0.6) is 0 Å². The summed E-state index contributed by atoms with van der Waals surface area (Å²) in [6, 6.07) is 6.90. The lowest BCUT2D eigenvalue weighted by atomic mass is 10.3. The van der Waals surface area contributed by atoms with Crippen molar-refractivity contribution in [1.29, 1.82) is 0 Å². The molecule has 0 unspecified atom stereocenters. The van der Waals surface area contributed by atoms with E-state index in [9.17, 15) is 4.79 Å². The number of anilines is 1. The molecule has 3 N–H and O–H groups in total. The maximum Gasteiger partial charge on any atom is 0.350 e. The number of nitrogens with zero attached hydrogens (tertiary/aromatic N) is 3. The fourth-order valence-corrected chi connectivity index (χ4v) is 1.40. The van der Waals surface area contributed by atoms with Crippen molar-refractivity contribution in [1.82, 2.24) is 14.3 Å². The van der Waals surface area contributed by atoms with Crippen LogP contribution >= 0.6 is 0 Å². The summed E-state index contributed by atoms with van der Waals surface area (Å²) in [4.78, 5) is 11.8. The maximum absolute atomic E-state index is 11.8. The zero-order valence-corrected chi connectivity index (χ0v) is 8.58. The van der Waals surface area contributed by atoms with E-state index in [1.807, 2.05) is 0 Å². The molecule has 0 aliphatic carbocycles. The maximum atomic E-state index is 11.8. The molecule has 84 valence electrons. The van der Waals surface area contributed by atoms with Crippen molar-refractivity contribution in [2.45, 2.75) is 6.54 Å². The van der Waals surface area contributed by atoms with Gasteiger partial charge in [-0.2, -0.15) is 5.10 Å². The fourth-order valence-electron chi connectivity index (χ4n) is 1.40. The van der Waals surface area contributed by atoms with Gasteiger partial charge in [-0.1, -0.05) is 0 Å². The number of benzene rings is 1. The van der Waals surface area contributed by atoms with Gasteiger partial charge in [-0.3, -0.25) is 0 Å². The second-order valence-electron chi connectivity index (χ2n) is 3.32. The van der Waals surface area contributed by atoms with Crippen LogP contribution in [0.2, 0.25) is 0 Å². The van der Waals surface area contributed by atoms with Gasteiger partial charge in [0.25, 0.3) is 0 Å². The number of rotatable bonds is 3. The van der Waals surface area contributed by atoms with Gasteiger partial charge in [0.2, 0.25) is 0 Å². The average Bonchev–Trinajstić information content (AvgIpc) is 2.63. The molecule has 0 spiro atoms. The molecule has 16 heavy (non-hydrogen) atoms. The Hall–Kier alpha value is -2.08. The van der Waals surface area contributed by atoms with Crippen LogP contribution in [0, 0.1) is 0 Å². The largest absolute Gasteiger partial charge is 0.399 e. The molecular weight excluding hydrogens is 208 g/mol. The van der Waals surface area contributed by atoms with Crippen LogP contribution in [0.3, 0.4) is 0 Å². The van der Waals surface area contributed by atoms with E-state index in [2.05, 4.69) is 5.10 Å². The summed E-state index contributed by atoms with van der Waals surface area (Å²) in [6.45, 7) is 0.0828. The SMILES string of the molecule is Nc1ccc(-n2cnn(CCO)c2=O)cc1. The number of nitrogens with two attached hydrogens (primary N) is 1. The van der Waals surface area contributed by atoms with Crippen molar-refractivity contribution in [3.8, 4) is 5.69 Å². The minimum absolute atomic E-state index is 0.112. The standard InChI is InChI=1S/C10H12N4O2/c11-8-1-3-9(4-2-8)13-7-12-14(5-6-15)10(13)16/h1-4,7,15H,5-6,11H2. The van der Waals surface area contributed by atoms with Crippen LogP contribution < -0.4 is 11.4 Å². The van der Waals surface area contributed by atoms with E-state index in [4.69, 9.17) is 10.8 Å².